The van der Waals surface area contributed by atoms with E-state index >= 15 is 0 Å². The summed E-state index contributed by atoms with van der Waals surface area (Å²) in [4.78, 5) is 18.0. The molecule has 0 saturated heterocycles. The van der Waals surface area contributed by atoms with Crippen molar-refractivity contribution in [2.75, 3.05) is 20.7 Å². The molecule has 5 heteroatoms. The first-order valence-corrected chi connectivity index (χ1v) is 9.18. The van der Waals surface area contributed by atoms with Gasteiger partial charge in [0.1, 0.15) is 5.75 Å². The van der Waals surface area contributed by atoms with Crippen molar-refractivity contribution in [1.82, 2.24) is 9.80 Å². The molecule has 0 aliphatic rings. The highest BCUT2D eigenvalue weighted by atomic mass is 32.1. The van der Waals surface area contributed by atoms with Crippen LogP contribution in [0.3, 0.4) is 0 Å². The predicted octanol–water partition coefficient (Wildman–Crippen LogP) is 3.79. The van der Waals surface area contributed by atoms with Crippen LogP contribution >= 0.6 is 11.3 Å². The van der Waals surface area contributed by atoms with E-state index in [1.165, 1.54) is 4.88 Å². The highest BCUT2D eigenvalue weighted by molar-refractivity contribution is 7.09. The molecule has 0 fully saturated rings. The number of rotatable bonds is 9. The molecule has 0 N–H and O–H groups in total. The predicted molar refractivity (Wildman–Crippen MR) is 104 cm³/mol. The number of hydrogen-bond donors (Lipinski definition) is 0. The second-order valence-electron chi connectivity index (χ2n) is 6.03. The zero-order valence-electron chi connectivity index (χ0n) is 15.1. The number of nitrogens with zero attached hydrogens (tertiary/aromatic N) is 2. The molecule has 0 spiro atoms. The smallest absolute Gasteiger partial charge is 0.240 e. The minimum atomic E-state index is -0.206. The molecule has 0 radical (unpaired) electrons. The van der Waals surface area contributed by atoms with Gasteiger partial charge >= 0.3 is 0 Å². The molecule has 0 aliphatic heterocycles. The second-order valence-corrected chi connectivity index (χ2v) is 7.06. The maximum absolute atomic E-state index is 12.9. The number of benzene rings is 1. The molecule has 1 heterocycles. The molecule has 25 heavy (non-hydrogen) atoms. The summed E-state index contributed by atoms with van der Waals surface area (Å²) >= 11 is 1.67. The topological polar surface area (TPSA) is 32.8 Å². The van der Waals surface area contributed by atoms with E-state index in [0.29, 0.717) is 19.6 Å². The third kappa shape index (κ3) is 5.44. The van der Waals surface area contributed by atoms with Gasteiger partial charge in [0, 0.05) is 18.0 Å². The molecule has 1 amide bonds. The molecule has 0 aliphatic carbocycles. The minimum absolute atomic E-state index is 0.115. The highest BCUT2D eigenvalue weighted by Gasteiger charge is 2.23. The van der Waals surface area contributed by atoms with Gasteiger partial charge in [0.25, 0.3) is 0 Å². The van der Waals surface area contributed by atoms with E-state index in [-0.39, 0.29) is 11.9 Å². The van der Waals surface area contributed by atoms with Gasteiger partial charge in [-0.25, -0.2) is 0 Å². The van der Waals surface area contributed by atoms with E-state index in [9.17, 15) is 4.79 Å². The molecule has 1 aromatic heterocycles. The first-order valence-electron chi connectivity index (χ1n) is 8.30. The Bertz CT molecular complexity index is 668. The van der Waals surface area contributed by atoms with Crippen molar-refractivity contribution >= 4 is 17.2 Å². The Balaban J connectivity index is 2.00. The van der Waals surface area contributed by atoms with Gasteiger partial charge in [-0.15, -0.1) is 17.9 Å². The lowest BCUT2D eigenvalue weighted by Gasteiger charge is -2.30. The molecule has 2 rings (SSSR count). The van der Waals surface area contributed by atoms with Crippen LogP contribution in [0.15, 0.2) is 54.4 Å². The minimum Gasteiger partial charge on any atom is -0.497 e. The number of carbonyl (C=O) groups is 1. The van der Waals surface area contributed by atoms with Crippen molar-refractivity contribution in [3.05, 3.63) is 64.9 Å². The SMILES string of the molecule is C=CCN(Cc1cccs1)C(=O)C(C)N(C)Cc1ccc(OC)cc1. The Kier molecular flexibility index (Phi) is 7.22. The summed E-state index contributed by atoms with van der Waals surface area (Å²) in [5, 5.41) is 2.03. The molecule has 1 aromatic carbocycles. The summed E-state index contributed by atoms with van der Waals surface area (Å²) in [6.45, 7) is 7.63. The van der Waals surface area contributed by atoms with E-state index in [4.69, 9.17) is 4.74 Å². The molecule has 0 saturated carbocycles. The summed E-state index contributed by atoms with van der Waals surface area (Å²) in [6.07, 6.45) is 1.78. The van der Waals surface area contributed by atoms with Gasteiger partial charge in [0.05, 0.1) is 19.7 Å². The number of amides is 1. The Labute approximate surface area is 154 Å². The van der Waals surface area contributed by atoms with Gasteiger partial charge in [-0.05, 0) is 43.1 Å². The molecular formula is C20H26N2O2S. The molecular weight excluding hydrogens is 332 g/mol. The van der Waals surface area contributed by atoms with E-state index in [0.717, 1.165) is 11.3 Å². The van der Waals surface area contributed by atoms with Crippen LogP contribution in [0, 0.1) is 0 Å². The third-order valence-corrected chi connectivity index (χ3v) is 5.06. The van der Waals surface area contributed by atoms with Crippen LogP contribution in [0.1, 0.15) is 17.4 Å². The van der Waals surface area contributed by atoms with Crippen molar-refractivity contribution in [3.63, 3.8) is 0 Å². The van der Waals surface area contributed by atoms with Gasteiger partial charge in [0.15, 0.2) is 0 Å². The number of carbonyl (C=O) groups excluding carboxylic acids is 1. The number of ether oxygens (including phenoxy) is 1. The normalized spacial score (nSPS) is 12.0. The Morgan fingerprint density at radius 1 is 1.28 bits per heavy atom. The van der Waals surface area contributed by atoms with Crippen LogP contribution < -0.4 is 4.74 Å². The van der Waals surface area contributed by atoms with Crippen LogP contribution in [0.2, 0.25) is 0 Å². The zero-order chi connectivity index (χ0) is 18.2. The van der Waals surface area contributed by atoms with Crippen molar-refractivity contribution in [2.24, 2.45) is 0 Å². The van der Waals surface area contributed by atoms with E-state index < -0.39 is 0 Å². The second kappa shape index (κ2) is 9.39. The van der Waals surface area contributed by atoms with Gasteiger partial charge in [-0.2, -0.15) is 0 Å². The number of thiophene rings is 1. The largest absolute Gasteiger partial charge is 0.497 e. The van der Waals surface area contributed by atoms with Crippen LogP contribution in [-0.2, 0) is 17.9 Å². The fourth-order valence-corrected chi connectivity index (χ4v) is 3.31. The molecule has 134 valence electrons. The van der Waals surface area contributed by atoms with Crippen LogP contribution in [0.4, 0.5) is 0 Å². The summed E-state index contributed by atoms with van der Waals surface area (Å²) < 4.78 is 5.19. The number of methoxy groups -OCH3 is 1. The van der Waals surface area contributed by atoms with Crippen molar-refractivity contribution in [1.29, 1.82) is 0 Å². The third-order valence-electron chi connectivity index (χ3n) is 4.20. The fraction of sp³-hybridized carbons (Fsp3) is 0.350. The first-order chi connectivity index (χ1) is 12.0. The average Bonchev–Trinajstić information content (AvgIpc) is 3.14. The van der Waals surface area contributed by atoms with E-state index in [1.807, 2.05) is 54.6 Å². The van der Waals surface area contributed by atoms with Crippen molar-refractivity contribution in [3.8, 4) is 5.75 Å². The maximum Gasteiger partial charge on any atom is 0.240 e. The van der Waals surface area contributed by atoms with Gasteiger partial charge in [0.2, 0.25) is 5.91 Å². The standard InChI is InChI=1S/C20H26N2O2S/c1-5-12-22(15-19-7-6-13-25-19)20(23)16(2)21(3)14-17-8-10-18(24-4)11-9-17/h5-11,13,16H,1,12,14-15H2,2-4H3. The maximum atomic E-state index is 12.9. The van der Waals surface area contributed by atoms with Crippen LogP contribution in [0.25, 0.3) is 0 Å². The van der Waals surface area contributed by atoms with Gasteiger partial charge in [-0.3, -0.25) is 9.69 Å². The molecule has 4 nitrogen and oxygen atoms in total. The quantitative estimate of drug-likeness (QED) is 0.639. The Morgan fingerprint density at radius 2 is 2.00 bits per heavy atom. The van der Waals surface area contributed by atoms with Crippen molar-refractivity contribution in [2.45, 2.75) is 26.1 Å². The van der Waals surface area contributed by atoms with E-state index in [1.54, 1.807) is 24.5 Å². The van der Waals surface area contributed by atoms with Crippen molar-refractivity contribution < 1.29 is 9.53 Å². The van der Waals surface area contributed by atoms with Crippen LogP contribution in [0.5, 0.6) is 5.75 Å². The Morgan fingerprint density at radius 3 is 2.56 bits per heavy atom. The summed E-state index contributed by atoms with van der Waals surface area (Å²) in [7, 11) is 3.63. The lowest BCUT2D eigenvalue weighted by molar-refractivity contribution is -0.136. The average molecular weight is 359 g/mol. The number of hydrogen-bond acceptors (Lipinski definition) is 4. The monoisotopic (exact) mass is 358 g/mol. The lowest BCUT2D eigenvalue weighted by atomic mass is 10.1. The fourth-order valence-electron chi connectivity index (χ4n) is 2.59. The zero-order valence-corrected chi connectivity index (χ0v) is 16.0. The first kappa shape index (κ1) is 19.2. The molecule has 1 atom stereocenters. The molecule has 1 unspecified atom stereocenters. The summed E-state index contributed by atoms with van der Waals surface area (Å²) in [6, 6.07) is 11.8. The molecule has 0 bridgehead atoms. The highest BCUT2D eigenvalue weighted by Crippen LogP contribution is 2.16. The van der Waals surface area contributed by atoms with Gasteiger partial charge < -0.3 is 9.64 Å². The Hall–Kier alpha value is -2.11. The lowest BCUT2D eigenvalue weighted by Crippen LogP contribution is -2.45. The number of likely N-dealkylation sites (N-methyl/N-ethyl adjacent to an activating group) is 1. The van der Waals surface area contributed by atoms with Crippen LogP contribution in [-0.4, -0.2) is 42.5 Å². The summed E-state index contributed by atoms with van der Waals surface area (Å²) in [5.74, 6) is 0.952. The molecule has 2 aromatic rings. The van der Waals surface area contributed by atoms with Gasteiger partial charge in [-0.1, -0.05) is 24.3 Å². The van der Waals surface area contributed by atoms with E-state index in [2.05, 4.69) is 17.5 Å². The summed E-state index contributed by atoms with van der Waals surface area (Å²) in [5.41, 5.74) is 1.15.